The van der Waals surface area contributed by atoms with Crippen molar-refractivity contribution in [3.63, 3.8) is 0 Å². The summed E-state index contributed by atoms with van der Waals surface area (Å²) in [4.78, 5) is 25.6. The molecule has 186 valence electrons. The highest BCUT2D eigenvalue weighted by Crippen LogP contribution is 2.30. The van der Waals surface area contributed by atoms with E-state index in [-0.39, 0.29) is 23.9 Å². The van der Waals surface area contributed by atoms with Gasteiger partial charge in [0.25, 0.3) is 0 Å². The summed E-state index contributed by atoms with van der Waals surface area (Å²) < 4.78 is 24.8. The minimum absolute atomic E-state index is 0.0789. The van der Waals surface area contributed by atoms with Gasteiger partial charge in [-0.05, 0) is 58.6 Å². The van der Waals surface area contributed by atoms with Gasteiger partial charge in [0.1, 0.15) is 28.2 Å². The van der Waals surface area contributed by atoms with Crippen molar-refractivity contribution >= 4 is 28.8 Å². The minimum Gasteiger partial charge on any atom is -0.494 e. The number of fused-ring (bicyclic) bond motifs is 1. The lowest BCUT2D eigenvalue weighted by molar-refractivity contribution is 0.0492. The van der Waals surface area contributed by atoms with Crippen molar-refractivity contribution in [2.75, 3.05) is 18.2 Å². The van der Waals surface area contributed by atoms with Crippen LogP contribution in [0.25, 0.3) is 22.3 Å². The lowest BCUT2D eigenvalue weighted by atomic mass is 9.91. The molecule has 1 aromatic carbocycles. The lowest BCUT2D eigenvalue weighted by Crippen LogP contribution is -2.42. The molecule has 0 saturated heterocycles. The van der Waals surface area contributed by atoms with Gasteiger partial charge in [0.05, 0.1) is 24.7 Å². The van der Waals surface area contributed by atoms with Gasteiger partial charge in [0, 0.05) is 23.7 Å². The van der Waals surface area contributed by atoms with Gasteiger partial charge in [0.15, 0.2) is 0 Å². The summed E-state index contributed by atoms with van der Waals surface area (Å²) in [7, 11) is 1.55. The van der Waals surface area contributed by atoms with E-state index in [0.29, 0.717) is 34.0 Å². The normalized spacial score (nSPS) is 18.2. The first-order valence-corrected chi connectivity index (χ1v) is 11.6. The Balaban J connectivity index is 1.44. The monoisotopic (exact) mass is 482 g/mol. The molecule has 0 radical (unpaired) electrons. The Morgan fingerprint density at radius 2 is 1.83 bits per heavy atom. The number of nitrogens with one attached hydrogen (secondary N) is 2. The molecular formula is C25H31FN6O3. The number of alkyl carbamates (subject to hydrolysis) is 1. The van der Waals surface area contributed by atoms with Crippen LogP contribution in [0, 0.1) is 5.82 Å². The second-order valence-electron chi connectivity index (χ2n) is 9.71. The predicted octanol–water partition coefficient (Wildman–Crippen LogP) is 4.67. The standard InChI is InChI=1S/C25H31FN6O3/c1-25(2,3)35-24(33)30-16-8-6-15(7-9-16)29-23-28-13-20-22(32-23)21(34-4)12-19(31-20)14-5-10-18(27)17(26)11-14/h5,10-13,15-16H,6-9,27H2,1-4H3,(H,30,33)(H,28,29,32). The van der Waals surface area contributed by atoms with Gasteiger partial charge in [-0.2, -0.15) is 0 Å². The van der Waals surface area contributed by atoms with Crippen molar-refractivity contribution in [3.05, 3.63) is 36.3 Å². The third-order valence-electron chi connectivity index (χ3n) is 5.81. The summed E-state index contributed by atoms with van der Waals surface area (Å²) in [6.45, 7) is 5.54. The minimum atomic E-state index is -0.516. The molecule has 1 fully saturated rings. The van der Waals surface area contributed by atoms with E-state index in [1.807, 2.05) is 20.8 Å². The molecule has 1 amide bonds. The Morgan fingerprint density at radius 3 is 2.49 bits per heavy atom. The lowest BCUT2D eigenvalue weighted by Gasteiger charge is -2.30. The van der Waals surface area contributed by atoms with Crippen molar-refractivity contribution in [1.29, 1.82) is 0 Å². The van der Waals surface area contributed by atoms with E-state index in [4.69, 9.17) is 15.2 Å². The van der Waals surface area contributed by atoms with E-state index in [2.05, 4.69) is 25.6 Å². The molecule has 0 aliphatic heterocycles. The van der Waals surface area contributed by atoms with Crippen LogP contribution < -0.4 is 21.1 Å². The van der Waals surface area contributed by atoms with Crippen molar-refractivity contribution in [3.8, 4) is 17.0 Å². The number of hydrogen-bond donors (Lipinski definition) is 3. The fraction of sp³-hybridized carbons (Fsp3) is 0.440. The summed E-state index contributed by atoms with van der Waals surface area (Å²) in [6.07, 6.45) is 4.62. The predicted molar refractivity (Wildman–Crippen MR) is 133 cm³/mol. The van der Waals surface area contributed by atoms with Crippen LogP contribution in [0.1, 0.15) is 46.5 Å². The first-order valence-electron chi connectivity index (χ1n) is 11.6. The number of amides is 1. The molecule has 1 aliphatic carbocycles. The number of nitrogen functional groups attached to an aromatic ring is 1. The van der Waals surface area contributed by atoms with E-state index < -0.39 is 11.4 Å². The summed E-state index contributed by atoms with van der Waals surface area (Å²) in [5, 5.41) is 6.33. The van der Waals surface area contributed by atoms with Crippen LogP contribution >= 0.6 is 0 Å². The Kier molecular flexibility index (Phi) is 6.90. The largest absolute Gasteiger partial charge is 0.494 e. The van der Waals surface area contributed by atoms with Crippen LogP contribution in [0.2, 0.25) is 0 Å². The van der Waals surface area contributed by atoms with Crippen molar-refractivity contribution in [2.24, 2.45) is 0 Å². The number of pyridine rings is 1. The molecule has 0 spiro atoms. The SMILES string of the molecule is COc1cc(-c2ccc(N)c(F)c2)nc2cnc(NC3CCC(NC(=O)OC(C)(C)C)CC3)nc12. The Labute approximate surface area is 203 Å². The number of aromatic nitrogens is 3. The molecule has 1 saturated carbocycles. The molecule has 0 bridgehead atoms. The average molecular weight is 483 g/mol. The zero-order valence-electron chi connectivity index (χ0n) is 20.4. The number of halogens is 1. The topological polar surface area (TPSA) is 124 Å². The van der Waals surface area contributed by atoms with E-state index in [9.17, 15) is 9.18 Å². The number of nitrogens with zero attached hydrogens (tertiary/aromatic N) is 3. The molecular weight excluding hydrogens is 451 g/mol. The van der Waals surface area contributed by atoms with E-state index in [0.717, 1.165) is 25.7 Å². The Hall–Kier alpha value is -3.69. The molecule has 9 nitrogen and oxygen atoms in total. The Morgan fingerprint density at radius 1 is 1.11 bits per heavy atom. The van der Waals surface area contributed by atoms with Crippen LogP contribution in [0.15, 0.2) is 30.5 Å². The van der Waals surface area contributed by atoms with Gasteiger partial charge in [-0.15, -0.1) is 0 Å². The first kappa shape index (κ1) is 24.4. The maximum atomic E-state index is 13.9. The van der Waals surface area contributed by atoms with Crippen molar-refractivity contribution in [2.45, 2.75) is 64.1 Å². The molecule has 2 aromatic heterocycles. The summed E-state index contributed by atoms with van der Waals surface area (Å²) in [5.74, 6) is 0.487. The summed E-state index contributed by atoms with van der Waals surface area (Å²) in [5.41, 5.74) is 7.36. The van der Waals surface area contributed by atoms with Gasteiger partial charge in [-0.25, -0.2) is 24.1 Å². The van der Waals surface area contributed by atoms with Crippen LogP contribution in [-0.4, -0.2) is 45.8 Å². The summed E-state index contributed by atoms with van der Waals surface area (Å²) in [6, 6.07) is 6.54. The van der Waals surface area contributed by atoms with Crippen LogP contribution in [0.5, 0.6) is 5.75 Å². The zero-order valence-corrected chi connectivity index (χ0v) is 20.4. The number of carbonyl (C=O) groups is 1. The number of carbonyl (C=O) groups excluding carboxylic acids is 1. The number of hydrogen-bond acceptors (Lipinski definition) is 8. The quantitative estimate of drug-likeness (QED) is 0.448. The number of benzene rings is 1. The van der Waals surface area contributed by atoms with Crippen LogP contribution in [-0.2, 0) is 4.74 Å². The molecule has 10 heteroatoms. The fourth-order valence-electron chi connectivity index (χ4n) is 4.09. The van der Waals surface area contributed by atoms with Crippen LogP contribution in [0.3, 0.4) is 0 Å². The van der Waals surface area contributed by atoms with Crippen LogP contribution in [0.4, 0.5) is 20.8 Å². The van der Waals surface area contributed by atoms with Gasteiger partial charge in [-0.1, -0.05) is 6.07 Å². The average Bonchev–Trinajstić information content (AvgIpc) is 2.80. The van der Waals surface area contributed by atoms with Crippen molar-refractivity contribution in [1.82, 2.24) is 20.3 Å². The highest BCUT2D eigenvalue weighted by atomic mass is 19.1. The first-order chi connectivity index (χ1) is 16.6. The van der Waals surface area contributed by atoms with E-state index >= 15 is 0 Å². The number of ether oxygens (including phenoxy) is 2. The molecule has 0 atom stereocenters. The molecule has 35 heavy (non-hydrogen) atoms. The second-order valence-corrected chi connectivity index (χ2v) is 9.71. The van der Waals surface area contributed by atoms with Gasteiger partial charge >= 0.3 is 6.09 Å². The molecule has 2 heterocycles. The molecule has 0 unspecified atom stereocenters. The van der Waals surface area contributed by atoms with Gasteiger partial charge < -0.3 is 25.8 Å². The molecule has 1 aliphatic rings. The highest BCUT2D eigenvalue weighted by Gasteiger charge is 2.25. The van der Waals surface area contributed by atoms with E-state index in [1.54, 1.807) is 25.4 Å². The molecule has 4 rings (SSSR count). The maximum Gasteiger partial charge on any atom is 0.407 e. The van der Waals surface area contributed by atoms with Gasteiger partial charge in [-0.3, -0.25) is 0 Å². The smallest absolute Gasteiger partial charge is 0.407 e. The van der Waals surface area contributed by atoms with Gasteiger partial charge in [0.2, 0.25) is 5.95 Å². The maximum absolute atomic E-state index is 13.9. The molecule has 3 aromatic rings. The zero-order chi connectivity index (χ0) is 25.2. The number of anilines is 2. The third-order valence-corrected chi connectivity index (χ3v) is 5.81. The summed E-state index contributed by atoms with van der Waals surface area (Å²) >= 11 is 0. The highest BCUT2D eigenvalue weighted by molar-refractivity contribution is 5.84. The fourth-order valence-corrected chi connectivity index (χ4v) is 4.09. The second kappa shape index (κ2) is 9.89. The Bertz CT molecular complexity index is 1220. The number of methoxy groups -OCH3 is 1. The third kappa shape index (κ3) is 6.06. The van der Waals surface area contributed by atoms with Crippen molar-refractivity contribution < 1.29 is 18.7 Å². The molecule has 4 N–H and O–H groups in total. The van der Waals surface area contributed by atoms with E-state index in [1.165, 1.54) is 12.1 Å². The number of nitrogens with two attached hydrogens (primary N) is 1. The number of rotatable bonds is 5.